The highest BCUT2D eigenvalue weighted by atomic mass is 35.6. The molecule has 1 atom stereocenters. The van der Waals surface area contributed by atoms with Crippen molar-refractivity contribution in [2.75, 3.05) is 13.1 Å². The summed E-state index contributed by atoms with van der Waals surface area (Å²) in [5.41, 5.74) is 1.46. The van der Waals surface area contributed by atoms with E-state index in [1.807, 2.05) is 43.9 Å². The topological polar surface area (TPSA) is 32.3 Å². The third-order valence-electron chi connectivity index (χ3n) is 3.15. The maximum absolute atomic E-state index is 12.3. The number of carbonyl (C=O) groups excluding carboxylic acids is 1. The highest BCUT2D eigenvalue weighted by Gasteiger charge is 2.37. The molecule has 20 heavy (non-hydrogen) atoms. The lowest BCUT2D eigenvalue weighted by Gasteiger charge is -2.35. The molecule has 0 bridgehead atoms. The summed E-state index contributed by atoms with van der Waals surface area (Å²) >= 11 is 18.0. The summed E-state index contributed by atoms with van der Waals surface area (Å²) in [6.45, 7) is 7.11. The van der Waals surface area contributed by atoms with Crippen LogP contribution in [0.5, 0.6) is 0 Å². The van der Waals surface area contributed by atoms with Crippen molar-refractivity contribution >= 4 is 40.7 Å². The molecule has 0 radical (unpaired) electrons. The van der Waals surface area contributed by atoms with E-state index >= 15 is 0 Å². The third-order valence-corrected chi connectivity index (χ3v) is 3.77. The van der Waals surface area contributed by atoms with Crippen LogP contribution in [0.25, 0.3) is 0 Å². The van der Waals surface area contributed by atoms with Gasteiger partial charge >= 0.3 is 0 Å². The molecule has 0 saturated heterocycles. The van der Waals surface area contributed by atoms with Gasteiger partial charge in [0.05, 0.1) is 0 Å². The summed E-state index contributed by atoms with van der Waals surface area (Å²) in [4.78, 5) is 14.2. The molecule has 1 aromatic carbocycles. The van der Waals surface area contributed by atoms with Crippen molar-refractivity contribution in [1.82, 2.24) is 10.2 Å². The van der Waals surface area contributed by atoms with Gasteiger partial charge in [-0.05, 0) is 31.6 Å². The SMILES string of the molecule is CCN(CC)[C@H](NC(=O)c1ccccc1C)C(Cl)(Cl)Cl. The number of halogens is 3. The summed E-state index contributed by atoms with van der Waals surface area (Å²) in [6, 6.07) is 7.31. The first-order valence-corrected chi connectivity index (χ1v) is 7.61. The number of carbonyl (C=O) groups is 1. The summed E-state index contributed by atoms with van der Waals surface area (Å²) in [6.07, 6.45) is -0.672. The van der Waals surface area contributed by atoms with Crippen LogP contribution in [0.3, 0.4) is 0 Å². The minimum atomic E-state index is -1.59. The Morgan fingerprint density at radius 3 is 2.25 bits per heavy atom. The number of amides is 1. The van der Waals surface area contributed by atoms with Gasteiger partial charge in [0.2, 0.25) is 3.79 Å². The van der Waals surface area contributed by atoms with E-state index in [0.717, 1.165) is 5.56 Å². The molecule has 1 rings (SSSR count). The summed E-state index contributed by atoms with van der Waals surface area (Å²) < 4.78 is -1.59. The van der Waals surface area contributed by atoms with E-state index in [1.165, 1.54) is 0 Å². The van der Waals surface area contributed by atoms with Crippen LogP contribution in [0.2, 0.25) is 0 Å². The summed E-state index contributed by atoms with van der Waals surface area (Å²) in [7, 11) is 0. The zero-order chi connectivity index (χ0) is 15.3. The smallest absolute Gasteiger partial charge is 0.252 e. The van der Waals surface area contributed by atoms with Gasteiger partial charge in [-0.15, -0.1) is 0 Å². The van der Waals surface area contributed by atoms with Crippen molar-refractivity contribution in [3.63, 3.8) is 0 Å². The Bertz CT molecular complexity index is 456. The third kappa shape index (κ3) is 4.52. The highest BCUT2D eigenvalue weighted by Crippen LogP contribution is 2.32. The number of rotatable bonds is 5. The monoisotopic (exact) mass is 336 g/mol. The van der Waals surface area contributed by atoms with Gasteiger partial charge in [-0.2, -0.15) is 0 Å². The highest BCUT2D eigenvalue weighted by molar-refractivity contribution is 6.68. The van der Waals surface area contributed by atoms with E-state index in [-0.39, 0.29) is 5.91 Å². The predicted molar refractivity (Wildman–Crippen MR) is 85.6 cm³/mol. The number of nitrogens with zero attached hydrogens (tertiary/aromatic N) is 1. The van der Waals surface area contributed by atoms with E-state index < -0.39 is 9.96 Å². The van der Waals surface area contributed by atoms with Crippen molar-refractivity contribution in [3.05, 3.63) is 35.4 Å². The van der Waals surface area contributed by atoms with Gasteiger partial charge in [-0.1, -0.05) is 66.8 Å². The summed E-state index contributed by atoms with van der Waals surface area (Å²) in [5, 5.41) is 2.81. The fraction of sp³-hybridized carbons (Fsp3) is 0.500. The van der Waals surface area contributed by atoms with Crippen molar-refractivity contribution in [3.8, 4) is 0 Å². The molecule has 1 amide bonds. The molecule has 0 spiro atoms. The molecule has 0 saturated carbocycles. The van der Waals surface area contributed by atoms with E-state index in [9.17, 15) is 4.79 Å². The Hall–Kier alpha value is -0.480. The lowest BCUT2D eigenvalue weighted by Crippen LogP contribution is -2.55. The molecular weight excluding hydrogens is 319 g/mol. The van der Waals surface area contributed by atoms with Gasteiger partial charge in [0.25, 0.3) is 5.91 Å². The molecule has 112 valence electrons. The second-order valence-corrected chi connectivity index (χ2v) is 6.82. The molecule has 1 N–H and O–H groups in total. The van der Waals surface area contributed by atoms with Crippen LogP contribution in [0.4, 0.5) is 0 Å². The van der Waals surface area contributed by atoms with Crippen LogP contribution in [0, 0.1) is 6.92 Å². The molecule has 0 aliphatic rings. The molecule has 1 aromatic rings. The molecular formula is C14H19Cl3N2O. The molecule has 0 fully saturated rings. The fourth-order valence-corrected chi connectivity index (χ4v) is 2.58. The molecule has 0 heterocycles. The lowest BCUT2D eigenvalue weighted by molar-refractivity contribution is 0.0861. The Labute approximate surface area is 135 Å². The van der Waals surface area contributed by atoms with Crippen LogP contribution in [0.15, 0.2) is 24.3 Å². The van der Waals surface area contributed by atoms with Gasteiger partial charge in [0.1, 0.15) is 6.17 Å². The first kappa shape index (κ1) is 17.6. The van der Waals surface area contributed by atoms with Gasteiger partial charge in [-0.3, -0.25) is 9.69 Å². The normalized spacial score (nSPS) is 13.3. The van der Waals surface area contributed by atoms with E-state index in [4.69, 9.17) is 34.8 Å². The second kappa shape index (κ2) is 7.51. The Balaban J connectivity index is 2.96. The van der Waals surface area contributed by atoms with Crippen LogP contribution in [0.1, 0.15) is 29.8 Å². The molecule has 0 unspecified atom stereocenters. The van der Waals surface area contributed by atoms with Crippen LogP contribution in [-0.4, -0.2) is 33.9 Å². The Morgan fingerprint density at radius 1 is 1.25 bits per heavy atom. The first-order chi connectivity index (χ1) is 9.31. The van der Waals surface area contributed by atoms with Crippen molar-refractivity contribution in [1.29, 1.82) is 0 Å². The van der Waals surface area contributed by atoms with Crippen LogP contribution >= 0.6 is 34.8 Å². The summed E-state index contributed by atoms with van der Waals surface area (Å²) in [5.74, 6) is -0.244. The number of nitrogens with one attached hydrogen (secondary N) is 1. The Kier molecular flexibility index (Phi) is 6.59. The predicted octanol–water partition coefficient (Wildman–Crippen LogP) is 3.76. The number of benzene rings is 1. The molecule has 6 heteroatoms. The second-order valence-electron chi connectivity index (χ2n) is 4.45. The molecule has 0 aliphatic carbocycles. The number of hydrogen-bond donors (Lipinski definition) is 1. The first-order valence-electron chi connectivity index (χ1n) is 6.48. The minimum absolute atomic E-state index is 0.244. The number of hydrogen-bond acceptors (Lipinski definition) is 2. The van der Waals surface area contributed by atoms with Gasteiger partial charge < -0.3 is 5.32 Å². The zero-order valence-electron chi connectivity index (χ0n) is 11.8. The minimum Gasteiger partial charge on any atom is -0.332 e. The van der Waals surface area contributed by atoms with Gasteiger partial charge in [0.15, 0.2) is 0 Å². The standard InChI is InChI=1S/C14H19Cl3N2O/c1-4-19(5-2)13(14(15,16)17)18-12(20)11-9-7-6-8-10(11)3/h6-9,13H,4-5H2,1-3H3,(H,18,20)/t13-/m0/s1. The van der Waals surface area contributed by atoms with Gasteiger partial charge in [-0.25, -0.2) is 0 Å². The average Bonchev–Trinajstić information content (AvgIpc) is 2.38. The van der Waals surface area contributed by atoms with E-state index in [2.05, 4.69) is 5.32 Å². The fourth-order valence-electron chi connectivity index (χ4n) is 2.00. The van der Waals surface area contributed by atoms with E-state index in [0.29, 0.717) is 18.7 Å². The maximum atomic E-state index is 12.3. The zero-order valence-corrected chi connectivity index (χ0v) is 14.1. The quantitative estimate of drug-likeness (QED) is 0.655. The Morgan fingerprint density at radius 2 is 1.80 bits per heavy atom. The molecule has 0 aliphatic heterocycles. The van der Waals surface area contributed by atoms with Crippen molar-refractivity contribution in [2.24, 2.45) is 0 Å². The van der Waals surface area contributed by atoms with Gasteiger partial charge in [0, 0.05) is 5.56 Å². The molecule has 3 nitrogen and oxygen atoms in total. The van der Waals surface area contributed by atoms with Crippen LogP contribution < -0.4 is 5.32 Å². The largest absolute Gasteiger partial charge is 0.332 e. The number of alkyl halides is 3. The van der Waals surface area contributed by atoms with Crippen molar-refractivity contribution in [2.45, 2.75) is 30.7 Å². The lowest BCUT2D eigenvalue weighted by atomic mass is 10.1. The average molecular weight is 338 g/mol. The molecule has 0 aromatic heterocycles. The van der Waals surface area contributed by atoms with E-state index in [1.54, 1.807) is 6.07 Å². The van der Waals surface area contributed by atoms with Crippen molar-refractivity contribution < 1.29 is 4.79 Å². The van der Waals surface area contributed by atoms with Crippen LogP contribution in [-0.2, 0) is 0 Å². The maximum Gasteiger partial charge on any atom is 0.252 e. The number of aryl methyl sites for hydroxylation is 1.